The van der Waals surface area contributed by atoms with Gasteiger partial charge in [0.25, 0.3) is 5.91 Å². The first-order chi connectivity index (χ1) is 15.8. The van der Waals surface area contributed by atoms with E-state index in [1.807, 2.05) is 24.0 Å². The summed E-state index contributed by atoms with van der Waals surface area (Å²) in [6.45, 7) is 6.53. The Morgan fingerprint density at radius 1 is 1.09 bits per heavy atom. The number of nitrogens with zero attached hydrogens (tertiary/aromatic N) is 3. The minimum absolute atomic E-state index is 0.0557. The first-order valence-electron chi connectivity index (χ1n) is 11.1. The Bertz CT molecular complexity index is 1190. The normalized spacial score (nSPS) is 15.5. The van der Waals surface area contributed by atoms with Crippen LogP contribution in [-0.4, -0.2) is 33.2 Å². The van der Waals surface area contributed by atoms with Gasteiger partial charge in [0, 0.05) is 18.4 Å². The van der Waals surface area contributed by atoms with Crippen LogP contribution in [0.2, 0.25) is 0 Å². The molecule has 0 spiro atoms. The number of hydrogen-bond donors (Lipinski definition) is 1. The molecule has 6 nitrogen and oxygen atoms in total. The van der Waals surface area contributed by atoms with E-state index in [-0.39, 0.29) is 23.7 Å². The SMILES string of the molecule is Cc1ccc(CC(=O)N2CCCC2c2ncc(C(=O)Nc3ccc(F)cc3)c(C)n2)cc1C. The van der Waals surface area contributed by atoms with Crippen molar-refractivity contribution >= 4 is 17.5 Å². The van der Waals surface area contributed by atoms with Crippen molar-refractivity contribution in [2.75, 3.05) is 11.9 Å². The number of amides is 2. The van der Waals surface area contributed by atoms with E-state index in [1.54, 1.807) is 6.92 Å². The fourth-order valence-corrected chi connectivity index (χ4v) is 4.12. The van der Waals surface area contributed by atoms with Gasteiger partial charge >= 0.3 is 0 Å². The number of nitrogens with one attached hydrogen (secondary N) is 1. The summed E-state index contributed by atoms with van der Waals surface area (Å²) in [5.41, 5.74) is 4.74. The lowest BCUT2D eigenvalue weighted by atomic mass is 10.0. The number of aromatic nitrogens is 2. The topological polar surface area (TPSA) is 75.2 Å². The van der Waals surface area contributed by atoms with Crippen LogP contribution in [0, 0.1) is 26.6 Å². The van der Waals surface area contributed by atoms with Crippen LogP contribution in [0.4, 0.5) is 10.1 Å². The average Bonchev–Trinajstić information content (AvgIpc) is 3.28. The Balaban J connectivity index is 1.47. The predicted octanol–water partition coefficient (Wildman–Crippen LogP) is 4.70. The fourth-order valence-electron chi connectivity index (χ4n) is 4.12. The van der Waals surface area contributed by atoms with E-state index < -0.39 is 0 Å². The van der Waals surface area contributed by atoms with Gasteiger partial charge in [-0.2, -0.15) is 0 Å². The summed E-state index contributed by atoms with van der Waals surface area (Å²) in [7, 11) is 0. The van der Waals surface area contributed by atoms with Gasteiger partial charge < -0.3 is 10.2 Å². The van der Waals surface area contributed by atoms with Gasteiger partial charge in [-0.15, -0.1) is 0 Å². The molecule has 0 bridgehead atoms. The number of carbonyl (C=O) groups is 2. The van der Waals surface area contributed by atoms with E-state index in [1.165, 1.54) is 41.6 Å². The highest BCUT2D eigenvalue weighted by molar-refractivity contribution is 6.04. The van der Waals surface area contributed by atoms with Crippen molar-refractivity contribution in [3.8, 4) is 0 Å². The second-order valence-electron chi connectivity index (χ2n) is 8.53. The second kappa shape index (κ2) is 9.48. The molecule has 1 fully saturated rings. The third kappa shape index (κ3) is 5.08. The zero-order valence-electron chi connectivity index (χ0n) is 19.1. The molecule has 170 valence electrons. The minimum atomic E-state index is -0.370. The van der Waals surface area contributed by atoms with Crippen LogP contribution in [0.15, 0.2) is 48.7 Å². The van der Waals surface area contributed by atoms with Gasteiger partial charge in [0.1, 0.15) is 5.82 Å². The van der Waals surface area contributed by atoms with E-state index in [0.29, 0.717) is 35.7 Å². The maximum Gasteiger partial charge on any atom is 0.259 e. The zero-order valence-corrected chi connectivity index (χ0v) is 19.1. The van der Waals surface area contributed by atoms with Gasteiger partial charge in [0.2, 0.25) is 5.91 Å². The molecular formula is C26H27FN4O2. The largest absolute Gasteiger partial charge is 0.332 e. The third-order valence-electron chi connectivity index (χ3n) is 6.14. The first kappa shape index (κ1) is 22.6. The molecule has 33 heavy (non-hydrogen) atoms. The monoisotopic (exact) mass is 446 g/mol. The molecule has 0 saturated carbocycles. The third-order valence-corrected chi connectivity index (χ3v) is 6.14. The summed E-state index contributed by atoms with van der Waals surface area (Å²) in [6.07, 6.45) is 3.52. The molecule has 1 unspecified atom stereocenters. The maximum absolute atomic E-state index is 13.1. The molecule has 4 rings (SSSR count). The van der Waals surface area contributed by atoms with Crippen molar-refractivity contribution < 1.29 is 14.0 Å². The lowest BCUT2D eigenvalue weighted by molar-refractivity contribution is -0.131. The molecule has 1 aliphatic rings. The van der Waals surface area contributed by atoms with Gasteiger partial charge in [-0.25, -0.2) is 14.4 Å². The van der Waals surface area contributed by atoms with Crippen LogP contribution in [0.5, 0.6) is 0 Å². The summed E-state index contributed by atoms with van der Waals surface area (Å²) in [5, 5.41) is 2.73. The molecule has 1 atom stereocenters. The van der Waals surface area contributed by atoms with E-state index in [0.717, 1.165) is 18.4 Å². The average molecular weight is 447 g/mol. The number of anilines is 1. The second-order valence-corrected chi connectivity index (χ2v) is 8.53. The Morgan fingerprint density at radius 2 is 1.85 bits per heavy atom. The molecule has 1 N–H and O–H groups in total. The number of carbonyl (C=O) groups excluding carboxylic acids is 2. The Hall–Kier alpha value is -3.61. The molecule has 3 aromatic rings. The van der Waals surface area contributed by atoms with Crippen LogP contribution in [0.3, 0.4) is 0 Å². The van der Waals surface area contributed by atoms with Gasteiger partial charge in [-0.1, -0.05) is 18.2 Å². The van der Waals surface area contributed by atoms with Crippen LogP contribution in [0.1, 0.15) is 57.5 Å². The lowest BCUT2D eigenvalue weighted by Crippen LogP contribution is -2.33. The molecular weight excluding hydrogens is 419 g/mol. The van der Waals surface area contributed by atoms with Crippen LogP contribution >= 0.6 is 0 Å². The van der Waals surface area contributed by atoms with Gasteiger partial charge in [-0.3, -0.25) is 9.59 Å². The smallest absolute Gasteiger partial charge is 0.259 e. The number of halogens is 1. The summed E-state index contributed by atoms with van der Waals surface area (Å²) in [5.74, 6) is -0.123. The quantitative estimate of drug-likeness (QED) is 0.617. The zero-order chi connectivity index (χ0) is 23.5. The van der Waals surface area contributed by atoms with Crippen molar-refractivity contribution in [1.29, 1.82) is 0 Å². The van der Waals surface area contributed by atoms with Gasteiger partial charge in [0.15, 0.2) is 5.82 Å². The maximum atomic E-state index is 13.1. The Morgan fingerprint density at radius 3 is 2.55 bits per heavy atom. The van der Waals surface area contributed by atoms with Crippen LogP contribution < -0.4 is 5.32 Å². The highest BCUT2D eigenvalue weighted by Crippen LogP contribution is 2.31. The predicted molar refractivity (Wildman–Crippen MR) is 124 cm³/mol. The summed E-state index contributed by atoms with van der Waals surface area (Å²) in [6, 6.07) is 11.5. The Kier molecular flexibility index (Phi) is 6.49. The van der Waals surface area contributed by atoms with Crippen LogP contribution in [0.25, 0.3) is 0 Å². The highest BCUT2D eigenvalue weighted by atomic mass is 19.1. The summed E-state index contributed by atoms with van der Waals surface area (Å²) in [4.78, 5) is 36.6. The lowest BCUT2D eigenvalue weighted by Gasteiger charge is -2.24. The number of benzene rings is 2. The molecule has 2 amide bonds. The minimum Gasteiger partial charge on any atom is -0.332 e. The molecule has 2 aromatic carbocycles. The van der Waals surface area contributed by atoms with E-state index >= 15 is 0 Å². The molecule has 2 heterocycles. The number of likely N-dealkylation sites (tertiary alicyclic amines) is 1. The molecule has 7 heteroatoms. The molecule has 1 aromatic heterocycles. The molecule has 0 radical (unpaired) electrons. The van der Waals surface area contributed by atoms with Crippen molar-refractivity contribution in [3.63, 3.8) is 0 Å². The van der Waals surface area contributed by atoms with Crippen molar-refractivity contribution in [2.24, 2.45) is 0 Å². The highest BCUT2D eigenvalue weighted by Gasteiger charge is 2.32. The van der Waals surface area contributed by atoms with E-state index in [9.17, 15) is 14.0 Å². The summed E-state index contributed by atoms with van der Waals surface area (Å²) < 4.78 is 13.1. The van der Waals surface area contributed by atoms with Crippen molar-refractivity contribution in [2.45, 2.75) is 46.1 Å². The van der Waals surface area contributed by atoms with Gasteiger partial charge in [-0.05, 0) is 74.6 Å². The number of hydrogen-bond acceptors (Lipinski definition) is 4. The Labute approximate surface area is 192 Å². The molecule has 1 aliphatic heterocycles. The van der Waals surface area contributed by atoms with Crippen molar-refractivity contribution in [1.82, 2.24) is 14.9 Å². The van der Waals surface area contributed by atoms with E-state index in [4.69, 9.17) is 0 Å². The van der Waals surface area contributed by atoms with Gasteiger partial charge in [0.05, 0.1) is 23.7 Å². The molecule has 1 saturated heterocycles. The first-order valence-corrected chi connectivity index (χ1v) is 11.1. The van der Waals surface area contributed by atoms with E-state index in [2.05, 4.69) is 28.3 Å². The molecule has 0 aliphatic carbocycles. The summed E-state index contributed by atoms with van der Waals surface area (Å²) >= 11 is 0. The standard InChI is InChI=1S/C26H27FN4O2/c1-16-6-7-19(13-17(16)2)14-24(32)31-12-4-5-23(31)25-28-15-22(18(3)29-25)26(33)30-21-10-8-20(27)9-11-21/h6-11,13,15,23H,4-5,12,14H2,1-3H3,(H,30,33). The number of rotatable bonds is 5. The fraction of sp³-hybridized carbons (Fsp3) is 0.308. The number of aryl methyl sites for hydroxylation is 3. The van der Waals surface area contributed by atoms with Crippen molar-refractivity contribution in [3.05, 3.63) is 88.3 Å². The van der Waals surface area contributed by atoms with Crippen LogP contribution in [-0.2, 0) is 11.2 Å².